The van der Waals surface area contributed by atoms with Gasteiger partial charge in [-0.05, 0) is 6.07 Å². The number of nitrogens with one attached hydrogen (secondary N) is 1. The fourth-order valence-corrected chi connectivity index (χ4v) is 3.09. The summed E-state index contributed by atoms with van der Waals surface area (Å²) in [6.07, 6.45) is 1.16. The summed E-state index contributed by atoms with van der Waals surface area (Å²) in [7, 11) is 0. The van der Waals surface area contributed by atoms with Crippen LogP contribution in [0.15, 0.2) is 12.4 Å². The summed E-state index contributed by atoms with van der Waals surface area (Å²) in [6, 6.07) is 1.72. The smallest absolute Gasteiger partial charge is 0.251 e. The maximum atomic E-state index is 13.2. The van der Waals surface area contributed by atoms with E-state index in [1.54, 1.807) is 11.0 Å². The maximum Gasteiger partial charge on any atom is 0.251 e. The minimum absolute atomic E-state index is 0.182. The molecule has 7 heteroatoms. The zero-order valence-corrected chi connectivity index (χ0v) is 11.4. The zero-order chi connectivity index (χ0) is 13.6. The topological polar surface area (TPSA) is 31.9 Å². The molecule has 0 amide bonds. The second kappa shape index (κ2) is 4.49. The van der Waals surface area contributed by atoms with Crippen LogP contribution in [0.3, 0.4) is 0 Å². The van der Waals surface area contributed by atoms with E-state index in [9.17, 15) is 8.78 Å². The average Bonchev–Trinajstić information content (AvgIpc) is 2.79. The summed E-state index contributed by atoms with van der Waals surface area (Å²) >= 11 is 12.5. The van der Waals surface area contributed by atoms with E-state index in [1.807, 2.05) is 0 Å². The summed E-state index contributed by atoms with van der Waals surface area (Å²) in [5.74, 6) is -2.59. The summed E-state index contributed by atoms with van der Waals surface area (Å²) in [6.45, 7) is 0.477. The number of nitrogens with zero attached hydrogens (tertiary/aromatic N) is 2. The third-order valence-corrected chi connectivity index (χ3v) is 4.04. The Morgan fingerprint density at radius 3 is 2.63 bits per heavy atom. The van der Waals surface area contributed by atoms with Gasteiger partial charge in [-0.1, -0.05) is 23.2 Å². The van der Waals surface area contributed by atoms with Crippen LogP contribution in [0.25, 0.3) is 11.0 Å². The quantitative estimate of drug-likeness (QED) is 0.860. The van der Waals surface area contributed by atoms with Crippen LogP contribution in [-0.4, -0.2) is 29.0 Å². The largest absolute Gasteiger partial charge is 0.369 e. The number of aromatic amines is 1. The van der Waals surface area contributed by atoms with Crippen molar-refractivity contribution in [3.63, 3.8) is 0 Å². The highest BCUT2D eigenvalue weighted by Gasteiger charge is 2.35. The van der Waals surface area contributed by atoms with Gasteiger partial charge in [0.15, 0.2) is 0 Å². The Kier molecular flexibility index (Phi) is 3.06. The van der Waals surface area contributed by atoms with Gasteiger partial charge in [-0.3, -0.25) is 0 Å². The summed E-state index contributed by atoms with van der Waals surface area (Å²) in [5.41, 5.74) is 1.94. The second-order valence-corrected chi connectivity index (χ2v) is 5.45. The van der Waals surface area contributed by atoms with E-state index in [0.29, 0.717) is 21.2 Å². The molecular formula is C12H11Cl2F2N3. The first-order chi connectivity index (χ1) is 8.98. The first kappa shape index (κ1) is 12.9. The van der Waals surface area contributed by atoms with Crippen molar-refractivity contribution in [1.82, 2.24) is 9.97 Å². The number of alkyl halides is 2. The minimum Gasteiger partial charge on any atom is -0.369 e. The second-order valence-electron chi connectivity index (χ2n) is 4.66. The number of hydrogen-bond acceptors (Lipinski definition) is 2. The van der Waals surface area contributed by atoms with Crippen molar-refractivity contribution < 1.29 is 8.78 Å². The van der Waals surface area contributed by atoms with Gasteiger partial charge in [-0.15, -0.1) is 0 Å². The Morgan fingerprint density at radius 2 is 1.95 bits per heavy atom. The number of halogens is 4. The van der Waals surface area contributed by atoms with Gasteiger partial charge in [0.25, 0.3) is 5.92 Å². The highest BCUT2D eigenvalue weighted by Crippen LogP contribution is 2.41. The Labute approximate surface area is 118 Å². The number of fused-ring (bicyclic) bond motifs is 1. The summed E-state index contributed by atoms with van der Waals surface area (Å²) < 4.78 is 26.4. The molecule has 2 heterocycles. The van der Waals surface area contributed by atoms with Crippen LogP contribution in [0.2, 0.25) is 10.0 Å². The lowest BCUT2D eigenvalue weighted by Gasteiger charge is -2.34. The number of anilines is 1. The standard InChI is InChI=1S/C12H11Cl2F2N3/c13-7-5-8-10(18-6-17-8)9(14)11(7)19-3-1-12(15,16)2-4-19/h5-6H,1-4H2,(H,17,18). The Balaban J connectivity index is 2.01. The van der Waals surface area contributed by atoms with Crippen LogP contribution >= 0.6 is 23.2 Å². The van der Waals surface area contributed by atoms with Crippen molar-refractivity contribution in [1.29, 1.82) is 0 Å². The molecule has 19 heavy (non-hydrogen) atoms. The molecule has 1 saturated heterocycles. The third-order valence-electron chi connectivity index (χ3n) is 3.39. The van der Waals surface area contributed by atoms with E-state index >= 15 is 0 Å². The molecule has 1 aliphatic heterocycles. The van der Waals surface area contributed by atoms with Gasteiger partial charge >= 0.3 is 0 Å². The molecule has 3 rings (SSSR count). The molecule has 0 unspecified atom stereocenters. The van der Waals surface area contributed by atoms with Crippen LogP contribution < -0.4 is 4.90 Å². The van der Waals surface area contributed by atoms with E-state index < -0.39 is 5.92 Å². The normalized spacial score (nSPS) is 19.1. The molecule has 1 aromatic carbocycles. The van der Waals surface area contributed by atoms with Gasteiger partial charge in [0, 0.05) is 25.9 Å². The maximum absolute atomic E-state index is 13.2. The Bertz CT molecular complexity index is 617. The number of imidazole rings is 1. The molecule has 0 aliphatic carbocycles. The van der Waals surface area contributed by atoms with Gasteiger partial charge in [0.1, 0.15) is 5.52 Å². The first-order valence-corrected chi connectivity index (χ1v) is 6.67. The minimum atomic E-state index is -2.59. The van der Waals surface area contributed by atoms with Gasteiger partial charge in [-0.25, -0.2) is 13.8 Å². The van der Waals surface area contributed by atoms with Crippen LogP contribution in [0.5, 0.6) is 0 Å². The summed E-state index contributed by atoms with van der Waals surface area (Å²) in [4.78, 5) is 8.85. The van der Waals surface area contributed by atoms with Crippen LogP contribution in [0.4, 0.5) is 14.5 Å². The molecule has 102 valence electrons. The van der Waals surface area contributed by atoms with Crippen molar-refractivity contribution in [3.8, 4) is 0 Å². The van der Waals surface area contributed by atoms with Crippen molar-refractivity contribution in [3.05, 3.63) is 22.4 Å². The molecule has 0 radical (unpaired) electrons. The lowest BCUT2D eigenvalue weighted by Crippen LogP contribution is -2.39. The van der Waals surface area contributed by atoms with E-state index in [1.165, 1.54) is 6.33 Å². The van der Waals surface area contributed by atoms with Crippen molar-refractivity contribution >= 4 is 39.9 Å². The van der Waals surface area contributed by atoms with Crippen molar-refractivity contribution in [2.75, 3.05) is 18.0 Å². The zero-order valence-electron chi connectivity index (χ0n) is 9.89. The molecule has 0 spiro atoms. The van der Waals surface area contributed by atoms with Crippen LogP contribution in [0, 0.1) is 0 Å². The van der Waals surface area contributed by atoms with Crippen LogP contribution in [-0.2, 0) is 0 Å². The lowest BCUT2D eigenvalue weighted by molar-refractivity contribution is -0.0220. The van der Waals surface area contributed by atoms with E-state index in [0.717, 1.165) is 5.52 Å². The molecule has 1 N–H and O–H groups in total. The molecule has 1 fully saturated rings. The number of hydrogen-bond donors (Lipinski definition) is 1. The lowest BCUT2D eigenvalue weighted by atomic mass is 10.1. The molecule has 1 aromatic heterocycles. The third kappa shape index (κ3) is 2.25. The highest BCUT2D eigenvalue weighted by molar-refractivity contribution is 6.42. The number of rotatable bonds is 1. The molecule has 0 saturated carbocycles. The SMILES string of the molecule is FC1(F)CCN(c2c(Cl)cc3[nH]cnc3c2Cl)CC1. The average molecular weight is 306 g/mol. The van der Waals surface area contributed by atoms with Crippen molar-refractivity contribution in [2.24, 2.45) is 0 Å². The van der Waals surface area contributed by atoms with E-state index in [-0.39, 0.29) is 25.9 Å². The first-order valence-electron chi connectivity index (χ1n) is 5.92. The molecule has 3 nitrogen and oxygen atoms in total. The van der Waals surface area contributed by atoms with Crippen LogP contribution in [0.1, 0.15) is 12.8 Å². The van der Waals surface area contributed by atoms with Crippen molar-refractivity contribution in [2.45, 2.75) is 18.8 Å². The van der Waals surface area contributed by atoms with Gasteiger partial charge in [0.05, 0.1) is 27.6 Å². The number of piperidine rings is 1. The number of aromatic nitrogens is 2. The molecule has 2 aromatic rings. The predicted octanol–water partition coefficient (Wildman–Crippen LogP) is 4.11. The number of benzene rings is 1. The molecule has 1 aliphatic rings. The molecule has 0 atom stereocenters. The van der Waals surface area contributed by atoms with E-state index in [4.69, 9.17) is 23.2 Å². The monoisotopic (exact) mass is 305 g/mol. The number of H-pyrrole nitrogens is 1. The Morgan fingerprint density at radius 1 is 1.26 bits per heavy atom. The van der Waals surface area contributed by atoms with Gasteiger partial charge < -0.3 is 9.88 Å². The fraction of sp³-hybridized carbons (Fsp3) is 0.417. The predicted molar refractivity (Wildman–Crippen MR) is 72.5 cm³/mol. The Hall–Kier alpha value is -1.07. The molecule has 0 bridgehead atoms. The van der Waals surface area contributed by atoms with E-state index in [2.05, 4.69) is 9.97 Å². The summed E-state index contributed by atoms with van der Waals surface area (Å²) in [5, 5.41) is 0.862. The molecular weight excluding hydrogens is 295 g/mol. The van der Waals surface area contributed by atoms with Gasteiger partial charge in [0.2, 0.25) is 0 Å². The van der Waals surface area contributed by atoms with Gasteiger partial charge in [-0.2, -0.15) is 0 Å². The highest BCUT2D eigenvalue weighted by atomic mass is 35.5. The fourth-order valence-electron chi connectivity index (χ4n) is 2.35.